The largest absolute Gasteiger partial charge is 0.478 e. The molecule has 0 saturated heterocycles. The van der Waals surface area contributed by atoms with Crippen molar-refractivity contribution in [2.45, 2.75) is 26.4 Å². The Balaban J connectivity index is 2.10. The lowest BCUT2D eigenvalue weighted by Crippen LogP contribution is -2.18. The van der Waals surface area contributed by atoms with Crippen LogP contribution in [0.5, 0.6) is 0 Å². The third-order valence-corrected chi connectivity index (χ3v) is 3.51. The van der Waals surface area contributed by atoms with E-state index in [1.807, 2.05) is 37.3 Å². The van der Waals surface area contributed by atoms with Crippen LogP contribution in [0.25, 0.3) is 0 Å². The molecule has 2 rings (SSSR count). The van der Waals surface area contributed by atoms with E-state index in [2.05, 4.69) is 5.32 Å². The van der Waals surface area contributed by atoms with Crippen LogP contribution >= 0.6 is 0 Å². The van der Waals surface area contributed by atoms with Crippen molar-refractivity contribution < 1.29 is 19.4 Å². The number of benzene rings is 2. The van der Waals surface area contributed by atoms with Gasteiger partial charge >= 0.3 is 12.1 Å². The maximum absolute atomic E-state index is 12.0. The number of carbonyl (C=O) groups is 2. The lowest BCUT2D eigenvalue weighted by molar-refractivity contribution is 0.0698. The van der Waals surface area contributed by atoms with Crippen molar-refractivity contribution in [2.75, 3.05) is 5.32 Å². The topological polar surface area (TPSA) is 75.6 Å². The highest BCUT2D eigenvalue weighted by molar-refractivity contribution is 5.98. The Kier molecular flexibility index (Phi) is 5.36. The molecule has 0 aliphatic heterocycles. The van der Waals surface area contributed by atoms with Gasteiger partial charge in [0.1, 0.15) is 6.10 Å². The average Bonchev–Trinajstić information content (AvgIpc) is 2.55. The summed E-state index contributed by atoms with van der Waals surface area (Å²) < 4.78 is 5.29. The van der Waals surface area contributed by atoms with E-state index in [-0.39, 0.29) is 11.3 Å². The molecule has 0 radical (unpaired) electrons. The lowest BCUT2D eigenvalue weighted by atomic mass is 10.1. The van der Waals surface area contributed by atoms with Gasteiger partial charge in [-0.2, -0.15) is 0 Å². The SMILES string of the molecule is CCc1ccc(NC(=O)OC(C)c2ccccc2)c(C(=O)O)c1. The zero-order valence-corrected chi connectivity index (χ0v) is 13.1. The summed E-state index contributed by atoms with van der Waals surface area (Å²) >= 11 is 0. The molecule has 5 nitrogen and oxygen atoms in total. The number of amides is 1. The van der Waals surface area contributed by atoms with Crippen LogP contribution in [-0.2, 0) is 11.2 Å². The van der Waals surface area contributed by atoms with E-state index < -0.39 is 18.2 Å². The number of ether oxygens (including phenoxy) is 1. The number of carboxylic acid groups (broad SMARTS) is 1. The summed E-state index contributed by atoms with van der Waals surface area (Å²) in [6.07, 6.45) is -0.400. The van der Waals surface area contributed by atoms with Gasteiger partial charge in [-0.3, -0.25) is 5.32 Å². The molecule has 0 fully saturated rings. The van der Waals surface area contributed by atoms with Crippen LogP contribution < -0.4 is 5.32 Å². The summed E-state index contributed by atoms with van der Waals surface area (Å²) in [6, 6.07) is 14.2. The van der Waals surface area contributed by atoms with Crippen LogP contribution in [-0.4, -0.2) is 17.2 Å². The Morgan fingerprint density at radius 2 is 1.87 bits per heavy atom. The molecular weight excluding hydrogens is 294 g/mol. The van der Waals surface area contributed by atoms with Crippen LogP contribution in [0, 0.1) is 0 Å². The van der Waals surface area contributed by atoms with Crippen molar-refractivity contribution in [2.24, 2.45) is 0 Å². The number of carbonyl (C=O) groups excluding carboxylic acids is 1. The molecular formula is C18H19NO4. The molecule has 1 unspecified atom stereocenters. The molecule has 0 aliphatic carbocycles. The van der Waals surface area contributed by atoms with E-state index in [0.29, 0.717) is 0 Å². The second-order valence-corrected chi connectivity index (χ2v) is 5.12. The number of aryl methyl sites for hydroxylation is 1. The molecule has 0 spiro atoms. The smallest absolute Gasteiger partial charge is 0.412 e. The molecule has 1 amide bonds. The number of hydrogen-bond donors (Lipinski definition) is 2. The minimum Gasteiger partial charge on any atom is -0.478 e. The van der Waals surface area contributed by atoms with Gasteiger partial charge < -0.3 is 9.84 Å². The minimum atomic E-state index is -1.09. The molecule has 1 atom stereocenters. The van der Waals surface area contributed by atoms with E-state index in [1.54, 1.807) is 25.1 Å². The summed E-state index contributed by atoms with van der Waals surface area (Å²) in [6.45, 7) is 3.69. The highest BCUT2D eigenvalue weighted by atomic mass is 16.6. The third kappa shape index (κ3) is 4.32. The number of anilines is 1. The van der Waals surface area contributed by atoms with E-state index >= 15 is 0 Å². The van der Waals surface area contributed by atoms with E-state index in [0.717, 1.165) is 17.5 Å². The normalized spacial score (nSPS) is 11.6. The van der Waals surface area contributed by atoms with Gasteiger partial charge in [0.25, 0.3) is 0 Å². The van der Waals surface area contributed by atoms with Crippen molar-refractivity contribution in [3.63, 3.8) is 0 Å². The summed E-state index contributed by atoms with van der Waals surface area (Å²) in [5, 5.41) is 11.8. The van der Waals surface area contributed by atoms with Crippen LogP contribution in [0.4, 0.5) is 10.5 Å². The number of hydrogen-bond acceptors (Lipinski definition) is 3. The van der Waals surface area contributed by atoms with E-state index in [4.69, 9.17) is 4.74 Å². The molecule has 120 valence electrons. The Hall–Kier alpha value is -2.82. The molecule has 0 aliphatic rings. The number of rotatable bonds is 5. The highest BCUT2D eigenvalue weighted by Gasteiger charge is 2.16. The van der Waals surface area contributed by atoms with Gasteiger partial charge in [0, 0.05) is 0 Å². The van der Waals surface area contributed by atoms with Gasteiger partial charge in [0.15, 0.2) is 0 Å². The van der Waals surface area contributed by atoms with Crippen LogP contribution in [0.2, 0.25) is 0 Å². The first kappa shape index (κ1) is 16.5. The van der Waals surface area contributed by atoms with Crippen molar-refractivity contribution in [3.8, 4) is 0 Å². The van der Waals surface area contributed by atoms with E-state index in [1.165, 1.54) is 0 Å². The van der Waals surface area contributed by atoms with Gasteiger partial charge in [-0.05, 0) is 36.6 Å². The fraction of sp³-hybridized carbons (Fsp3) is 0.222. The van der Waals surface area contributed by atoms with Crippen LogP contribution in [0.1, 0.15) is 41.4 Å². The number of nitrogens with one attached hydrogen (secondary N) is 1. The number of aromatic carboxylic acids is 1. The maximum Gasteiger partial charge on any atom is 0.412 e. The predicted molar refractivity (Wildman–Crippen MR) is 87.7 cm³/mol. The first-order valence-electron chi connectivity index (χ1n) is 7.40. The standard InChI is InChI=1S/C18H19NO4/c1-3-13-9-10-16(15(11-13)17(20)21)19-18(22)23-12(2)14-7-5-4-6-8-14/h4-12H,3H2,1-2H3,(H,19,22)(H,20,21). The molecule has 2 aromatic carbocycles. The quantitative estimate of drug-likeness (QED) is 0.865. The van der Waals surface area contributed by atoms with Gasteiger partial charge in [-0.25, -0.2) is 9.59 Å². The number of carboxylic acids is 1. The summed E-state index contributed by atoms with van der Waals surface area (Å²) in [5.41, 5.74) is 2.02. The average molecular weight is 313 g/mol. The molecule has 5 heteroatoms. The molecule has 0 bridgehead atoms. The third-order valence-electron chi connectivity index (χ3n) is 3.51. The van der Waals surface area contributed by atoms with Gasteiger partial charge in [-0.15, -0.1) is 0 Å². The van der Waals surface area contributed by atoms with Crippen molar-refractivity contribution in [1.82, 2.24) is 0 Å². The van der Waals surface area contributed by atoms with Gasteiger partial charge in [0.05, 0.1) is 11.3 Å². The van der Waals surface area contributed by atoms with Crippen molar-refractivity contribution in [1.29, 1.82) is 0 Å². The van der Waals surface area contributed by atoms with E-state index in [9.17, 15) is 14.7 Å². The van der Waals surface area contributed by atoms with Crippen LogP contribution in [0.15, 0.2) is 48.5 Å². The molecule has 0 saturated carbocycles. The van der Waals surface area contributed by atoms with Gasteiger partial charge in [-0.1, -0.05) is 43.3 Å². The Bertz CT molecular complexity index is 697. The Morgan fingerprint density at radius 3 is 2.48 bits per heavy atom. The van der Waals surface area contributed by atoms with Crippen molar-refractivity contribution >= 4 is 17.7 Å². The lowest BCUT2D eigenvalue weighted by Gasteiger charge is -2.15. The zero-order chi connectivity index (χ0) is 16.8. The first-order valence-corrected chi connectivity index (χ1v) is 7.40. The Morgan fingerprint density at radius 1 is 1.17 bits per heavy atom. The van der Waals surface area contributed by atoms with Crippen LogP contribution in [0.3, 0.4) is 0 Å². The highest BCUT2D eigenvalue weighted by Crippen LogP contribution is 2.21. The second kappa shape index (κ2) is 7.45. The maximum atomic E-state index is 12.0. The fourth-order valence-corrected chi connectivity index (χ4v) is 2.19. The molecule has 0 aromatic heterocycles. The second-order valence-electron chi connectivity index (χ2n) is 5.12. The Labute approximate surface area is 134 Å². The van der Waals surface area contributed by atoms with Crippen molar-refractivity contribution in [3.05, 3.63) is 65.2 Å². The monoisotopic (exact) mass is 313 g/mol. The fourth-order valence-electron chi connectivity index (χ4n) is 2.19. The summed E-state index contributed by atoms with van der Waals surface area (Å²) in [5.74, 6) is -1.09. The predicted octanol–water partition coefficient (Wildman–Crippen LogP) is 4.26. The molecule has 2 N–H and O–H groups in total. The zero-order valence-electron chi connectivity index (χ0n) is 13.1. The molecule has 0 heterocycles. The summed E-state index contributed by atoms with van der Waals surface area (Å²) in [4.78, 5) is 23.3. The minimum absolute atomic E-state index is 0.0497. The summed E-state index contributed by atoms with van der Waals surface area (Å²) in [7, 11) is 0. The molecule has 2 aromatic rings. The first-order chi connectivity index (χ1) is 11.0. The van der Waals surface area contributed by atoms with Gasteiger partial charge in [0.2, 0.25) is 0 Å². The molecule has 23 heavy (non-hydrogen) atoms.